The van der Waals surface area contributed by atoms with E-state index in [4.69, 9.17) is 10.2 Å². The molecule has 0 spiro atoms. The maximum Gasteiger partial charge on any atom is 0.276 e. The maximum atomic E-state index is 12.7. The molecule has 29 heavy (non-hydrogen) atoms. The van der Waals surface area contributed by atoms with Crippen LogP contribution < -0.4 is 11.1 Å². The molecule has 3 heterocycles. The summed E-state index contributed by atoms with van der Waals surface area (Å²) in [6, 6.07) is 10.8. The van der Waals surface area contributed by atoms with Gasteiger partial charge in [-0.05, 0) is 42.8 Å². The zero-order chi connectivity index (χ0) is 20.6. The van der Waals surface area contributed by atoms with E-state index in [2.05, 4.69) is 10.4 Å². The van der Waals surface area contributed by atoms with Crippen LogP contribution in [0.15, 0.2) is 53.1 Å². The van der Waals surface area contributed by atoms with Gasteiger partial charge in [-0.3, -0.25) is 14.3 Å². The molecule has 0 radical (unpaired) electrons. The minimum Gasteiger partial charge on any atom is -0.463 e. The van der Waals surface area contributed by atoms with Crippen LogP contribution in [0.5, 0.6) is 0 Å². The summed E-state index contributed by atoms with van der Waals surface area (Å²) < 4.78 is 30.8. The number of benzene rings is 1. The molecule has 150 valence electrons. The van der Waals surface area contributed by atoms with Gasteiger partial charge in [0.2, 0.25) is 5.91 Å². The van der Waals surface area contributed by atoms with Crippen molar-refractivity contribution in [1.82, 2.24) is 9.78 Å². The van der Waals surface area contributed by atoms with Gasteiger partial charge in [0.05, 0.1) is 23.8 Å². The number of hydrogen-bond donors (Lipinski definition) is 2. The Balaban J connectivity index is 1.63. The first kappa shape index (κ1) is 18.9. The van der Waals surface area contributed by atoms with Crippen molar-refractivity contribution in [3.63, 3.8) is 0 Å². The Kier molecular flexibility index (Phi) is 4.71. The predicted octanol–water partition coefficient (Wildman–Crippen LogP) is 1.85. The van der Waals surface area contributed by atoms with Gasteiger partial charge in [-0.25, -0.2) is 8.42 Å². The molecule has 1 atom stereocenters. The molecule has 1 fully saturated rings. The van der Waals surface area contributed by atoms with Gasteiger partial charge in [0.1, 0.15) is 5.69 Å². The highest BCUT2D eigenvalue weighted by molar-refractivity contribution is 7.91. The molecular weight excluding hydrogens is 396 g/mol. The quantitative estimate of drug-likeness (QED) is 0.654. The van der Waals surface area contributed by atoms with E-state index in [1.807, 2.05) is 0 Å². The van der Waals surface area contributed by atoms with Crippen LogP contribution in [-0.4, -0.2) is 41.5 Å². The average Bonchev–Trinajstić information content (AvgIpc) is 3.40. The normalized spacial score (nSPS) is 17.9. The number of amides is 2. The van der Waals surface area contributed by atoms with Gasteiger partial charge >= 0.3 is 0 Å². The van der Waals surface area contributed by atoms with Gasteiger partial charge < -0.3 is 15.5 Å². The van der Waals surface area contributed by atoms with Crippen molar-refractivity contribution in [2.24, 2.45) is 5.73 Å². The Morgan fingerprint density at radius 2 is 1.97 bits per heavy atom. The van der Waals surface area contributed by atoms with Crippen molar-refractivity contribution in [2.75, 3.05) is 16.8 Å². The number of hydrogen-bond acceptors (Lipinski definition) is 6. The first-order chi connectivity index (χ1) is 13.8. The largest absolute Gasteiger partial charge is 0.463 e. The third-order valence-electron chi connectivity index (χ3n) is 4.72. The second kappa shape index (κ2) is 7.21. The predicted molar refractivity (Wildman–Crippen MR) is 105 cm³/mol. The SMILES string of the molecule is NC(=O)c1ccc(NC(=O)c2cc(-c3ccco3)n(C3CCS(=O)(=O)C3)n2)cc1. The van der Waals surface area contributed by atoms with E-state index >= 15 is 0 Å². The highest BCUT2D eigenvalue weighted by Crippen LogP contribution is 2.30. The fourth-order valence-corrected chi connectivity index (χ4v) is 4.97. The van der Waals surface area contributed by atoms with Crippen molar-refractivity contribution >= 4 is 27.3 Å². The van der Waals surface area contributed by atoms with E-state index in [0.29, 0.717) is 29.1 Å². The molecule has 1 aromatic carbocycles. The highest BCUT2D eigenvalue weighted by Gasteiger charge is 2.32. The van der Waals surface area contributed by atoms with Crippen LogP contribution in [0.4, 0.5) is 5.69 Å². The Hall–Kier alpha value is -3.40. The lowest BCUT2D eigenvalue weighted by Crippen LogP contribution is -2.16. The molecule has 1 saturated heterocycles. The summed E-state index contributed by atoms with van der Waals surface area (Å²) in [4.78, 5) is 23.8. The van der Waals surface area contributed by atoms with Crippen molar-refractivity contribution < 1.29 is 22.4 Å². The second-order valence-corrected chi connectivity index (χ2v) is 9.02. The van der Waals surface area contributed by atoms with Crippen LogP contribution in [0, 0.1) is 0 Å². The van der Waals surface area contributed by atoms with Gasteiger partial charge in [0.15, 0.2) is 21.3 Å². The summed E-state index contributed by atoms with van der Waals surface area (Å²) in [7, 11) is -3.13. The lowest BCUT2D eigenvalue weighted by molar-refractivity contribution is 0.0997. The summed E-state index contributed by atoms with van der Waals surface area (Å²) in [5.74, 6) is -0.479. The number of furan rings is 1. The molecule has 1 unspecified atom stereocenters. The summed E-state index contributed by atoms with van der Waals surface area (Å²) in [6.07, 6.45) is 1.92. The number of aromatic nitrogens is 2. The number of nitrogens with two attached hydrogens (primary N) is 1. The number of nitrogens with zero attached hydrogens (tertiary/aromatic N) is 2. The Bertz CT molecular complexity index is 1160. The molecule has 3 N–H and O–H groups in total. The summed E-state index contributed by atoms with van der Waals surface area (Å²) in [5.41, 5.74) is 6.67. The van der Waals surface area contributed by atoms with Crippen molar-refractivity contribution in [1.29, 1.82) is 0 Å². The van der Waals surface area contributed by atoms with Crippen LogP contribution in [0.25, 0.3) is 11.5 Å². The van der Waals surface area contributed by atoms with E-state index in [0.717, 1.165) is 0 Å². The Labute approximate surface area is 166 Å². The second-order valence-electron chi connectivity index (χ2n) is 6.79. The van der Waals surface area contributed by atoms with Crippen LogP contribution >= 0.6 is 0 Å². The topological polar surface area (TPSA) is 137 Å². The molecule has 3 aromatic rings. The minimum atomic E-state index is -3.13. The number of carbonyl (C=O) groups is 2. The third-order valence-corrected chi connectivity index (χ3v) is 6.47. The van der Waals surface area contributed by atoms with Crippen molar-refractivity contribution in [3.05, 3.63) is 60.0 Å². The van der Waals surface area contributed by atoms with Crippen molar-refractivity contribution in [2.45, 2.75) is 12.5 Å². The zero-order valence-electron chi connectivity index (χ0n) is 15.2. The molecular formula is C19H18N4O5S. The first-order valence-electron chi connectivity index (χ1n) is 8.87. The van der Waals surface area contributed by atoms with Gasteiger partial charge in [-0.2, -0.15) is 5.10 Å². The molecule has 0 saturated carbocycles. The molecule has 1 aliphatic rings. The summed E-state index contributed by atoms with van der Waals surface area (Å²) in [6.45, 7) is 0. The number of carbonyl (C=O) groups excluding carboxylic acids is 2. The summed E-state index contributed by atoms with van der Waals surface area (Å²) in [5, 5.41) is 7.06. The van der Waals surface area contributed by atoms with Crippen LogP contribution in [0.2, 0.25) is 0 Å². The van der Waals surface area contributed by atoms with E-state index in [1.54, 1.807) is 35.0 Å². The van der Waals surface area contributed by atoms with Crippen LogP contribution in [0.1, 0.15) is 33.3 Å². The molecule has 1 aliphatic heterocycles. The van der Waals surface area contributed by atoms with Crippen LogP contribution in [0.3, 0.4) is 0 Å². The number of primary amides is 1. The standard InChI is InChI=1S/C19H18N4O5S/c20-18(24)12-3-5-13(6-4-12)21-19(25)15-10-16(17-2-1-8-28-17)23(22-15)14-7-9-29(26,27)11-14/h1-6,8,10,14H,7,9,11H2,(H2,20,24)(H,21,25). The highest BCUT2D eigenvalue weighted by atomic mass is 32.2. The van der Waals surface area contributed by atoms with E-state index in [1.165, 1.54) is 18.4 Å². The summed E-state index contributed by atoms with van der Waals surface area (Å²) >= 11 is 0. The first-order valence-corrected chi connectivity index (χ1v) is 10.7. The van der Waals surface area contributed by atoms with E-state index in [-0.39, 0.29) is 23.2 Å². The molecule has 2 amide bonds. The molecule has 0 aliphatic carbocycles. The number of anilines is 1. The molecule has 4 rings (SSSR count). The lowest BCUT2D eigenvalue weighted by Gasteiger charge is -2.11. The van der Waals surface area contributed by atoms with Gasteiger partial charge in [0, 0.05) is 17.3 Å². The molecule has 9 nitrogen and oxygen atoms in total. The smallest absolute Gasteiger partial charge is 0.276 e. The fourth-order valence-electron chi connectivity index (χ4n) is 3.27. The van der Waals surface area contributed by atoms with Gasteiger partial charge in [-0.15, -0.1) is 0 Å². The average molecular weight is 414 g/mol. The van der Waals surface area contributed by atoms with Crippen LogP contribution in [-0.2, 0) is 9.84 Å². The number of rotatable bonds is 5. The molecule has 0 bridgehead atoms. The lowest BCUT2D eigenvalue weighted by atomic mass is 10.2. The zero-order valence-corrected chi connectivity index (χ0v) is 16.1. The van der Waals surface area contributed by atoms with E-state index in [9.17, 15) is 18.0 Å². The Morgan fingerprint density at radius 1 is 1.21 bits per heavy atom. The van der Waals surface area contributed by atoms with Gasteiger partial charge in [-0.1, -0.05) is 0 Å². The third kappa shape index (κ3) is 3.92. The number of sulfone groups is 1. The van der Waals surface area contributed by atoms with E-state index < -0.39 is 21.7 Å². The van der Waals surface area contributed by atoms with Crippen molar-refractivity contribution in [3.8, 4) is 11.5 Å². The minimum absolute atomic E-state index is 0.0297. The monoisotopic (exact) mass is 414 g/mol. The molecule has 2 aromatic heterocycles. The fraction of sp³-hybridized carbons (Fsp3) is 0.211. The Morgan fingerprint density at radius 3 is 2.55 bits per heavy atom. The molecule has 10 heteroatoms. The number of nitrogens with one attached hydrogen (secondary N) is 1. The van der Waals surface area contributed by atoms with Gasteiger partial charge in [0.25, 0.3) is 5.91 Å². The maximum absolute atomic E-state index is 12.7.